The molecule has 1 aromatic carbocycles. The first-order valence-electron chi connectivity index (χ1n) is 6.74. The summed E-state index contributed by atoms with van der Waals surface area (Å²) in [5.74, 6) is 0.187. The number of nitrogens with zero attached hydrogens (tertiary/aromatic N) is 2. The van der Waals surface area contributed by atoms with E-state index in [0.717, 1.165) is 22.6 Å². The first-order valence-corrected chi connectivity index (χ1v) is 7.50. The Labute approximate surface area is 133 Å². The number of rotatable bonds is 3. The van der Waals surface area contributed by atoms with Crippen molar-refractivity contribution in [2.75, 3.05) is 6.54 Å². The van der Waals surface area contributed by atoms with Gasteiger partial charge in [0.2, 0.25) is 0 Å². The summed E-state index contributed by atoms with van der Waals surface area (Å²) in [6.45, 7) is 2.65. The van der Waals surface area contributed by atoms with Gasteiger partial charge in [0.1, 0.15) is 5.65 Å². The van der Waals surface area contributed by atoms with Gasteiger partial charge in [0.15, 0.2) is 0 Å². The zero-order chi connectivity index (χ0) is 15.0. The van der Waals surface area contributed by atoms with E-state index in [0.29, 0.717) is 16.6 Å². The number of benzene rings is 1. The molecule has 2 aromatic heterocycles. The van der Waals surface area contributed by atoms with E-state index < -0.39 is 0 Å². The Balaban J connectivity index is 2.28. The topological polar surface area (TPSA) is 43.3 Å². The number of nitrogens with two attached hydrogens (primary N) is 1. The van der Waals surface area contributed by atoms with Gasteiger partial charge in [0, 0.05) is 24.2 Å². The van der Waals surface area contributed by atoms with E-state index in [1.54, 1.807) is 6.07 Å². The van der Waals surface area contributed by atoms with E-state index in [-0.39, 0.29) is 5.92 Å². The van der Waals surface area contributed by atoms with Crippen molar-refractivity contribution >= 4 is 28.8 Å². The van der Waals surface area contributed by atoms with Crippen molar-refractivity contribution < 1.29 is 0 Å². The van der Waals surface area contributed by atoms with Crippen LogP contribution < -0.4 is 5.73 Å². The van der Waals surface area contributed by atoms with Crippen LogP contribution in [0.25, 0.3) is 16.9 Å². The summed E-state index contributed by atoms with van der Waals surface area (Å²) < 4.78 is 2.08. The third-order valence-electron chi connectivity index (χ3n) is 3.58. The average Bonchev–Trinajstić information content (AvgIpc) is 2.88. The standard InChI is InChI=1S/C16H15Cl2N3/c1-10(9-19)16-15(11-5-6-12(17)13(18)8-11)20-14-4-2-3-7-21(14)16/h2-8,10H,9,19H2,1H3. The molecule has 5 heteroatoms. The van der Waals surface area contributed by atoms with Crippen molar-refractivity contribution in [3.8, 4) is 11.3 Å². The van der Waals surface area contributed by atoms with Crippen molar-refractivity contribution in [3.63, 3.8) is 0 Å². The maximum atomic E-state index is 6.14. The number of hydrogen-bond donors (Lipinski definition) is 1. The number of imidazole rings is 1. The molecule has 2 N–H and O–H groups in total. The Morgan fingerprint density at radius 1 is 1.19 bits per heavy atom. The Kier molecular flexibility index (Phi) is 3.89. The van der Waals surface area contributed by atoms with E-state index in [9.17, 15) is 0 Å². The van der Waals surface area contributed by atoms with Crippen LogP contribution in [0.2, 0.25) is 10.0 Å². The summed E-state index contributed by atoms with van der Waals surface area (Å²) in [5.41, 5.74) is 9.70. The van der Waals surface area contributed by atoms with Crippen LogP contribution in [0, 0.1) is 0 Å². The second-order valence-electron chi connectivity index (χ2n) is 5.04. The summed E-state index contributed by atoms with van der Waals surface area (Å²) in [4.78, 5) is 4.73. The van der Waals surface area contributed by atoms with Crippen molar-refractivity contribution in [2.24, 2.45) is 5.73 Å². The number of fused-ring (bicyclic) bond motifs is 1. The minimum Gasteiger partial charge on any atom is -0.330 e. The molecule has 2 heterocycles. The van der Waals surface area contributed by atoms with E-state index in [2.05, 4.69) is 11.3 Å². The zero-order valence-electron chi connectivity index (χ0n) is 11.6. The Hall–Kier alpha value is -1.55. The molecule has 0 amide bonds. The molecule has 0 radical (unpaired) electrons. The highest BCUT2D eigenvalue weighted by Crippen LogP contribution is 2.33. The summed E-state index contributed by atoms with van der Waals surface area (Å²) >= 11 is 12.1. The fourth-order valence-corrected chi connectivity index (χ4v) is 2.75. The molecule has 3 nitrogen and oxygen atoms in total. The fraction of sp³-hybridized carbons (Fsp3) is 0.188. The molecular formula is C16H15Cl2N3. The van der Waals surface area contributed by atoms with Gasteiger partial charge in [-0.3, -0.25) is 0 Å². The molecule has 108 valence electrons. The van der Waals surface area contributed by atoms with Crippen LogP contribution >= 0.6 is 23.2 Å². The quantitative estimate of drug-likeness (QED) is 0.779. The maximum Gasteiger partial charge on any atom is 0.137 e. The third-order valence-corrected chi connectivity index (χ3v) is 4.32. The number of halogens is 2. The van der Waals surface area contributed by atoms with Crippen LogP contribution in [0.3, 0.4) is 0 Å². The van der Waals surface area contributed by atoms with Gasteiger partial charge in [0.25, 0.3) is 0 Å². The molecular weight excluding hydrogens is 305 g/mol. The Morgan fingerprint density at radius 2 is 2.00 bits per heavy atom. The first kappa shape index (κ1) is 14.4. The van der Waals surface area contributed by atoms with Crippen molar-refractivity contribution in [1.29, 1.82) is 0 Å². The second-order valence-corrected chi connectivity index (χ2v) is 5.85. The van der Waals surface area contributed by atoms with Crippen molar-refractivity contribution in [2.45, 2.75) is 12.8 Å². The van der Waals surface area contributed by atoms with Gasteiger partial charge in [-0.25, -0.2) is 4.98 Å². The normalized spacial score (nSPS) is 12.8. The molecule has 1 unspecified atom stereocenters. The van der Waals surface area contributed by atoms with Gasteiger partial charge >= 0.3 is 0 Å². The van der Waals surface area contributed by atoms with Gasteiger partial charge in [-0.05, 0) is 24.3 Å². The van der Waals surface area contributed by atoms with E-state index in [4.69, 9.17) is 33.9 Å². The van der Waals surface area contributed by atoms with Gasteiger partial charge in [-0.15, -0.1) is 0 Å². The summed E-state index contributed by atoms with van der Waals surface area (Å²) in [7, 11) is 0. The molecule has 1 atom stereocenters. The fourth-order valence-electron chi connectivity index (χ4n) is 2.45. The van der Waals surface area contributed by atoms with Crippen LogP contribution in [0.4, 0.5) is 0 Å². The van der Waals surface area contributed by atoms with E-state index in [1.807, 2.05) is 36.5 Å². The highest BCUT2D eigenvalue weighted by atomic mass is 35.5. The van der Waals surface area contributed by atoms with Crippen molar-refractivity contribution in [1.82, 2.24) is 9.38 Å². The van der Waals surface area contributed by atoms with E-state index >= 15 is 0 Å². The van der Waals surface area contributed by atoms with Gasteiger partial charge in [0.05, 0.1) is 21.4 Å². The van der Waals surface area contributed by atoms with Gasteiger partial charge < -0.3 is 10.1 Å². The van der Waals surface area contributed by atoms with Crippen LogP contribution in [-0.4, -0.2) is 15.9 Å². The molecule has 0 bridgehead atoms. The molecule has 0 spiro atoms. The molecule has 0 saturated heterocycles. The molecule has 0 aliphatic carbocycles. The monoisotopic (exact) mass is 319 g/mol. The number of pyridine rings is 1. The smallest absolute Gasteiger partial charge is 0.137 e. The van der Waals surface area contributed by atoms with Crippen LogP contribution in [0.5, 0.6) is 0 Å². The minimum absolute atomic E-state index is 0.187. The van der Waals surface area contributed by atoms with Gasteiger partial charge in [-0.1, -0.05) is 42.3 Å². The SMILES string of the molecule is CC(CN)c1c(-c2ccc(Cl)c(Cl)c2)nc2ccccn12. The lowest BCUT2D eigenvalue weighted by molar-refractivity contribution is 0.738. The predicted molar refractivity (Wildman–Crippen MR) is 88.1 cm³/mol. The average molecular weight is 320 g/mol. The molecule has 21 heavy (non-hydrogen) atoms. The van der Waals surface area contributed by atoms with Crippen LogP contribution in [0.1, 0.15) is 18.5 Å². The van der Waals surface area contributed by atoms with Crippen molar-refractivity contribution in [3.05, 3.63) is 58.3 Å². The zero-order valence-corrected chi connectivity index (χ0v) is 13.1. The van der Waals surface area contributed by atoms with Crippen LogP contribution in [-0.2, 0) is 0 Å². The minimum atomic E-state index is 0.187. The largest absolute Gasteiger partial charge is 0.330 e. The third kappa shape index (κ3) is 2.53. The molecule has 3 rings (SSSR count). The van der Waals surface area contributed by atoms with Gasteiger partial charge in [-0.2, -0.15) is 0 Å². The maximum absolute atomic E-state index is 6.14. The van der Waals surface area contributed by atoms with E-state index in [1.165, 1.54) is 0 Å². The lowest BCUT2D eigenvalue weighted by Crippen LogP contribution is -2.12. The predicted octanol–water partition coefficient (Wildman–Crippen LogP) is 4.37. The summed E-state index contributed by atoms with van der Waals surface area (Å²) in [5, 5.41) is 1.06. The Morgan fingerprint density at radius 3 is 2.71 bits per heavy atom. The number of hydrogen-bond acceptors (Lipinski definition) is 2. The summed E-state index contributed by atoms with van der Waals surface area (Å²) in [6, 6.07) is 11.5. The lowest BCUT2D eigenvalue weighted by atomic mass is 10.0. The molecule has 0 fully saturated rings. The molecule has 0 aliphatic heterocycles. The first-order chi connectivity index (χ1) is 10.1. The second kappa shape index (κ2) is 5.68. The highest BCUT2D eigenvalue weighted by Gasteiger charge is 2.18. The molecule has 3 aromatic rings. The summed E-state index contributed by atoms with van der Waals surface area (Å²) in [6.07, 6.45) is 2.00. The Bertz CT molecular complexity index is 795. The van der Waals surface area contributed by atoms with Crippen LogP contribution in [0.15, 0.2) is 42.6 Å². The molecule has 0 saturated carbocycles. The molecule has 0 aliphatic rings. The number of aromatic nitrogens is 2. The lowest BCUT2D eigenvalue weighted by Gasteiger charge is -2.11. The highest BCUT2D eigenvalue weighted by molar-refractivity contribution is 6.42.